The van der Waals surface area contributed by atoms with Crippen molar-refractivity contribution in [3.8, 4) is 11.1 Å². The first kappa shape index (κ1) is 19.1. The maximum Gasteiger partial charge on any atom is 0.320 e. The molecule has 0 spiro atoms. The van der Waals surface area contributed by atoms with E-state index in [1.807, 2.05) is 24.3 Å². The molecule has 0 radical (unpaired) electrons. The summed E-state index contributed by atoms with van der Waals surface area (Å²) >= 11 is 0. The molecule has 1 atom stereocenters. The maximum atomic E-state index is 12.1. The second kappa shape index (κ2) is 8.82. The molecule has 3 N–H and O–H groups in total. The molecule has 1 aliphatic carbocycles. The molecule has 5 nitrogen and oxygen atoms in total. The van der Waals surface area contributed by atoms with Crippen molar-refractivity contribution in [2.45, 2.75) is 44.1 Å². The average Bonchev–Trinajstić information content (AvgIpc) is 3.00. The van der Waals surface area contributed by atoms with Crippen LogP contribution in [0.4, 0.5) is 0 Å². The number of esters is 1. The zero-order valence-corrected chi connectivity index (χ0v) is 15.3. The summed E-state index contributed by atoms with van der Waals surface area (Å²) in [5.74, 6) is -1.11. The van der Waals surface area contributed by atoms with E-state index in [9.17, 15) is 9.59 Å². The van der Waals surface area contributed by atoms with Gasteiger partial charge in [0.25, 0.3) is 0 Å². The molecule has 0 bridgehead atoms. The molecule has 5 heteroatoms. The van der Waals surface area contributed by atoms with Gasteiger partial charge in [-0.15, -0.1) is 0 Å². The van der Waals surface area contributed by atoms with Crippen LogP contribution in [0.3, 0.4) is 0 Å². The highest BCUT2D eigenvalue weighted by molar-refractivity contribution is 5.79. The lowest BCUT2D eigenvalue weighted by Crippen LogP contribution is -2.29. The Kier molecular flexibility index (Phi) is 6.24. The first-order valence-corrected chi connectivity index (χ1v) is 9.40. The molecule has 0 heterocycles. The number of benzene rings is 2. The van der Waals surface area contributed by atoms with Crippen LogP contribution in [-0.2, 0) is 14.3 Å². The van der Waals surface area contributed by atoms with E-state index in [1.54, 1.807) is 0 Å². The van der Waals surface area contributed by atoms with E-state index in [0.29, 0.717) is 32.3 Å². The molecule has 0 saturated carbocycles. The molecule has 142 valence electrons. The summed E-state index contributed by atoms with van der Waals surface area (Å²) in [5, 5.41) is 8.74. The largest absolute Gasteiger partial charge is 0.480 e. The van der Waals surface area contributed by atoms with E-state index in [4.69, 9.17) is 15.6 Å². The molecule has 3 rings (SSSR count). The second-order valence-electron chi connectivity index (χ2n) is 6.95. The van der Waals surface area contributed by atoms with Crippen molar-refractivity contribution in [1.29, 1.82) is 0 Å². The number of carboxylic acid groups (broad SMARTS) is 1. The van der Waals surface area contributed by atoms with Crippen LogP contribution >= 0.6 is 0 Å². The SMILES string of the molecule is NC(CCCCCC(=O)OCC1c2ccccc2-c2ccccc21)C(=O)O. The maximum absolute atomic E-state index is 12.1. The van der Waals surface area contributed by atoms with Crippen molar-refractivity contribution in [3.05, 3.63) is 59.7 Å². The van der Waals surface area contributed by atoms with Crippen molar-refractivity contribution < 1.29 is 19.4 Å². The molecular formula is C22H25NO4. The highest BCUT2D eigenvalue weighted by Gasteiger charge is 2.28. The third kappa shape index (κ3) is 4.55. The summed E-state index contributed by atoms with van der Waals surface area (Å²) in [7, 11) is 0. The van der Waals surface area contributed by atoms with Crippen LogP contribution < -0.4 is 5.73 Å². The van der Waals surface area contributed by atoms with Crippen LogP contribution in [0.1, 0.15) is 49.1 Å². The van der Waals surface area contributed by atoms with Crippen molar-refractivity contribution in [2.24, 2.45) is 5.73 Å². The van der Waals surface area contributed by atoms with Gasteiger partial charge < -0.3 is 15.6 Å². The molecule has 1 unspecified atom stereocenters. The van der Waals surface area contributed by atoms with Crippen LogP contribution in [0.15, 0.2) is 48.5 Å². The predicted molar refractivity (Wildman–Crippen MR) is 103 cm³/mol. The van der Waals surface area contributed by atoms with Crippen LogP contribution in [0, 0.1) is 0 Å². The van der Waals surface area contributed by atoms with Gasteiger partial charge in [-0.2, -0.15) is 0 Å². The van der Waals surface area contributed by atoms with Gasteiger partial charge in [-0.3, -0.25) is 9.59 Å². The Morgan fingerprint density at radius 3 is 2.15 bits per heavy atom. The number of hydrogen-bond acceptors (Lipinski definition) is 4. The lowest BCUT2D eigenvalue weighted by molar-refractivity contribution is -0.144. The molecular weight excluding hydrogens is 342 g/mol. The Labute approximate surface area is 159 Å². The van der Waals surface area contributed by atoms with Gasteiger partial charge in [-0.05, 0) is 35.1 Å². The molecule has 0 amide bonds. The fourth-order valence-corrected chi connectivity index (χ4v) is 3.62. The monoisotopic (exact) mass is 367 g/mol. The summed E-state index contributed by atoms with van der Waals surface area (Å²) in [4.78, 5) is 22.7. The molecule has 2 aromatic carbocycles. The van der Waals surface area contributed by atoms with E-state index < -0.39 is 12.0 Å². The van der Waals surface area contributed by atoms with Crippen molar-refractivity contribution in [3.63, 3.8) is 0 Å². The number of carbonyl (C=O) groups is 2. The quantitative estimate of drug-likeness (QED) is 0.521. The van der Waals surface area contributed by atoms with E-state index in [0.717, 1.165) is 6.42 Å². The molecule has 1 aliphatic rings. The molecule has 0 aliphatic heterocycles. The van der Waals surface area contributed by atoms with E-state index >= 15 is 0 Å². The van der Waals surface area contributed by atoms with Gasteiger partial charge in [0, 0.05) is 12.3 Å². The van der Waals surface area contributed by atoms with Gasteiger partial charge in [-0.1, -0.05) is 61.4 Å². The Hall–Kier alpha value is -2.66. The average molecular weight is 367 g/mol. The van der Waals surface area contributed by atoms with E-state index in [-0.39, 0.29) is 11.9 Å². The molecule has 0 saturated heterocycles. The zero-order valence-electron chi connectivity index (χ0n) is 15.3. The van der Waals surface area contributed by atoms with Gasteiger partial charge >= 0.3 is 11.9 Å². The number of carboxylic acids is 1. The third-order valence-electron chi connectivity index (χ3n) is 5.09. The number of rotatable bonds is 9. The Balaban J connectivity index is 1.48. The van der Waals surface area contributed by atoms with Crippen molar-refractivity contribution >= 4 is 11.9 Å². The molecule has 27 heavy (non-hydrogen) atoms. The molecule has 0 aromatic heterocycles. The van der Waals surface area contributed by atoms with Gasteiger partial charge in [0.15, 0.2) is 0 Å². The van der Waals surface area contributed by atoms with Crippen LogP contribution in [0.25, 0.3) is 11.1 Å². The molecule has 2 aromatic rings. The summed E-state index contributed by atoms with van der Waals surface area (Å²) in [6, 6.07) is 15.7. The van der Waals surface area contributed by atoms with Crippen LogP contribution in [0.2, 0.25) is 0 Å². The Morgan fingerprint density at radius 2 is 1.56 bits per heavy atom. The zero-order chi connectivity index (χ0) is 19.2. The number of carbonyl (C=O) groups excluding carboxylic acids is 1. The summed E-state index contributed by atoms with van der Waals surface area (Å²) < 4.78 is 5.55. The predicted octanol–water partition coefficient (Wildman–Crippen LogP) is 3.70. The number of ether oxygens (including phenoxy) is 1. The number of nitrogens with two attached hydrogens (primary N) is 1. The minimum Gasteiger partial charge on any atom is -0.480 e. The fraction of sp³-hybridized carbons (Fsp3) is 0.364. The highest BCUT2D eigenvalue weighted by Crippen LogP contribution is 2.44. The smallest absolute Gasteiger partial charge is 0.320 e. The van der Waals surface area contributed by atoms with Gasteiger partial charge in [0.05, 0.1) is 0 Å². The first-order valence-electron chi connectivity index (χ1n) is 9.40. The highest BCUT2D eigenvalue weighted by atomic mass is 16.5. The number of unbranched alkanes of at least 4 members (excludes halogenated alkanes) is 2. The third-order valence-corrected chi connectivity index (χ3v) is 5.09. The topological polar surface area (TPSA) is 89.6 Å². The number of hydrogen-bond donors (Lipinski definition) is 2. The van der Waals surface area contributed by atoms with Crippen LogP contribution in [-0.4, -0.2) is 29.7 Å². The minimum atomic E-state index is -0.980. The fourth-order valence-electron chi connectivity index (χ4n) is 3.62. The lowest BCUT2D eigenvalue weighted by atomic mass is 9.98. The van der Waals surface area contributed by atoms with E-state index in [1.165, 1.54) is 22.3 Å². The number of aliphatic carboxylic acids is 1. The minimum absolute atomic E-state index is 0.0786. The molecule has 0 fully saturated rings. The van der Waals surface area contributed by atoms with Crippen molar-refractivity contribution in [2.75, 3.05) is 6.61 Å². The van der Waals surface area contributed by atoms with Crippen LogP contribution in [0.5, 0.6) is 0 Å². The number of fused-ring (bicyclic) bond motifs is 3. The normalized spacial score (nSPS) is 13.7. The first-order chi connectivity index (χ1) is 13.1. The Bertz CT molecular complexity index is 772. The summed E-state index contributed by atoms with van der Waals surface area (Å²) in [6.45, 7) is 0.344. The Morgan fingerprint density at radius 1 is 0.963 bits per heavy atom. The second-order valence-corrected chi connectivity index (χ2v) is 6.95. The summed E-state index contributed by atoms with van der Waals surface area (Å²) in [6.07, 6.45) is 2.93. The van der Waals surface area contributed by atoms with Gasteiger partial charge in [0.2, 0.25) is 0 Å². The van der Waals surface area contributed by atoms with Gasteiger partial charge in [0.1, 0.15) is 12.6 Å². The lowest BCUT2D eigenvalue weighted by Gasteiger charge is -2.14. The van der Waals surface area contributed by atoms with Crippen molar-refractivity contribution in [1.82, 2.24) is 0 Å². The van der Waals surface area contributed by atoms with Gasteiger partial charge in [-0.25, -0.2) is 0 Å². The summed E-state index contributed by atoms with van der Waals surface area (Å²) in [5.41, 5.74) is 10.3. The van der Waals surface area contributed by atoms with E-state index in [2.05, 4.69) is 24.3 Å². The standard InChI is InChI=1S/C22H25NO4/c23-20(22(25)26)12-2-1-3-13-21(24)27-14-19-17-10-6-4-8-15(17)16-9-5-7-11-18(16)19/h4-11,19-20H,1-3,12-14,23H2,(H,25,26).